The number of carbonyl (C=O) groups excluding carboxylic acids is 2. The van der Waals surface area contributed by atoms with Crippen LogP contribution >= 0.6 is 0 Å². The molecule has 0 radical (unpaired) electrons. The third-order valence-electron chi connectivity index (χ3n) is 13.9. The van der Waals surface area contributed by atoms with Gasteiger partial charge in [0.05, 0.1) is 36.6 Å². The van der Waals surface area contributed by atoms with Gasteiger partial charge in [0, 0.05) is 52.0 Å². The summed E-state index contributed by atoms with van der Waals surface area (Å²) in [6.07, 6.45) is 2.30. The summed E-state index contributed by atoms with van der Waals surface area (Å²) in [6, 6.07) is -1.03. The van der Waals surface area contributed by atoms with Gasteiger partial charge in [0.2, 0.25) is 5.79 Å². The van der Waals surface area contributed by atoms with Gasteiger partial charge in [0.15, 0.2) is 6.10 Å². The highest BCUT2D eigenvalue weighted by Gasteiger charge is 2.56. The van der Waals surface area contributed by atoms with Gasteiger partial charge in [0.1, 0.15) is 18.2 Å². The molecule has 1 aliphatic carbocycles. The van der Waals surface area contributed by atoms with Crippen LogP contribution in [-0.4, -0.2) is 137 Å². The fourth-order valence-corrected chi connectivity index (χ4v) is 10.4. The van der Waals surface area contributed by atoms with E-state index in [1.165, 1.54) is 4.90 Å². The van der Waals surface area contributed by atoms with Crippen molar-refractivity contribution in [3.8, 4) is 0 Å². The number of amides is 1. The number of piperidine rings is 1. The van der Waals surface area contributed by atoms with Crippen molar-refractivity contribution in [3.63, 3.8) is 0 Å². The molecule has 17 atom stereocenters. The number of aliphatic hydroxyl groups is 5. The van der Waals surface area contributed by atoms with Crippen molar-refractivity contribution in [2.24, 2.45) is 35.5 Å². The van der Waals surface area contributed by atoms with E-state index in [0.29, 0.717) is 57.8 Å². The molecule has 0 aromatic carbocycles. The van der Waals surface area contributed by atoms with Gasteiger partial charge in [-0.1, -0.05) is 52.7 Å². The van der Waals surface area contributed by atoms with Gasteiger partial charge in [-0.2, -0.15) is 0 Å². The van der Waals surface area contributed by atoms with Crippen LogP contribution in [0, 0.1) is 35.5 Å². The quantitative estimate of drug-likeness (QED) is 0.171. The topological polar surface area (TPSA) is 185 Å². The van der Waals surface area contributed by atoms with E-state index in [0.717, 1.165) is 24.8 Å². The Balaban J connectivity index is 1.74. The predicted molar refractivity (Wildman–Crippen MR) is 215 cm³/mol. The third-order valence-corrected chi connectivity index (χ3v) is 13.9. The number of nitrogens with zero attached hydrogens (tertiary/aromatic N) is 1. The molecule has 57 heavy (non-hydrogen) atoms. The molecule has 0 spiro atoms. The molecule has 5 N–H and O–H groups in total. The summed E-state index contributed by atoms with van der Waals surface area (Å²) in [4.78, 5) is 30.1. The van der Waals surface area contributed by atoms with Gasteiger partial charge in [-0.15, -0.1) is 0 Å². The van der Waals surface area contributed by atoms with Crippen molar-refractivity contribution in [1.29, 1.82) is 0 Å². The molecule has 0 aromatic rings. The number of methoxy groups -OCH3 is 3. The minimum Gasteiger partial charge on any atom is -0.460 e. The first-order valence-electron chi connectivity index (χ1n) is 21.9. The van der Waals surface area contributed by atoms with Crippen molar-refractivity contribution >= 4 is 11.9 Å². The Morgan fingerprint density at radius 2 is 1.54 bits per heavy atom. The summed E-state index contributed by atoms with van der Waals surface area (Å²) < 4.78 is 30.2. The number of esters is 1. The van der Waals surface area contributed by atoms with Crippen LogP contribution in [0.15, 0.2) is 11.6 Å². The SMILES string of the molecule is CCC[C@H]1/C=C(\C)C[C@H](C)CC(OC)[C@H]2O[C@@](O)(C(O)C(=O)N3CCCC[C@H]3C(=O)O[C@H](C(C)C[C@@H]3CC[C@@H](O)[C@H](OC)C3)[C@H](C)[C@@H](O)CC1O)[C@H](C)C[C@@H]2OC. The first kappa shape index (κ1) is 48.0. The lowest BCUT2D eigenvalue weighted by Crippen LogP contribution is -2.66. The fraction of sp³-hybridized carbons (Fsp3) is 0.909. The number of allylic oxidation sites excluding steroid dienone is 1. The van der Waals surface area contributed by atoms with Crippen molar-refractivity contribution in [2.45, 2.75) is 192 Å². The first-order chi connectivity index (χ1) is 27.0. The van der Waals surface area contributed by atoms with E-state index in [4.69, 9.17) is 23.7 Å². The summed E-state index contributed by atoms with van der Waals surface area (Å²) in [5, 5.41) is 57.9. The Morgan fingerprint density at radius 1 is 0.877 bits per heavy atom. The van der Waals surface area contributed by atoms with E-state index in [2.05, 4.69) is 19.9 Å². The summed E-state index contributed by atoms with van der Waals surface area (Å²) >= 11 is 0. The number of hydrogen-bond acceptors (Lipinski definition) is 12. The van der Waals surface area contributed by atoms with Crippen molar-refractivity contribution in [2.75, 3.05) is 27.9 Å². The van der Waals surface area contributed by atoms with Gasteiger partial charge in [0.25, 0.3) is 5.91 Å². The maximum atomic E-state index is 14.4. The van der Waals surface area contributed by atoms with Crippen molar-refractivity contribution < 1.29 is 58.8 Å². The molecule has 4 rings (SSSR count). The zero-order valence-corrected chi connectivity index (χ0v) is 36.3. The second-order valence-electron chi connectivity index (χ2n) is 18.3. The van der Waals surface area contributed by atoms with Crippen LogP contribution in [0.2, 0.25) is 0 Å². The molecule has 2 bridgehead atoms. The van der Waals surface area contributed by atoms with E-state index < -0.39 is 84.4 Å². The van der Waals surface area contributed by atoms with Gasteiger partial charge in [-0.05, 0) is 95.3 Å². The summed E-state index contributed by atoms with van der Waals surface area (Å²) in [5.41, 5.74) is 1.09. The number of cyclic esters (lactones) is 1. The van der Waals surface area contributed by atoms with E-state index in [-0.39, 0.29) is 42.7 Å². The maximum Gasteiger partial charge on any atom is 0.329 e. The molecule has 1 amide bonds. The Labute approximate surface area is 341 Å². The molecule has 4 aliphatic rings. The Bertz CT molecular complexity index is 1300. The monoisotopic (exact) mass is 812 g/mol. The van der Waals surface area contributed by atoms with Crippen molar-refractivity contribution in [1.82, 2.24) is 4.90 Å². The van der Waals surface area contributed by atoms with Crippen LogP contribution in [0.4, 0.5) is 0 Å². The molecule has 13 nitrogen and oxygen atoms in total. The summed E-state index contributed by atoms with van der Waals surface area (Å²) in [7, 11) is 4.74. The number of ether oxygens (including phenoxy) is 5. The van der Waals surface area contributed by atoms with Crippen molar-refractivity contribution in [3.05, 3.63) is 11.6 Å². The fourth-order valence-electron chi connectivity index (χ4n) is 10.4. The van der Waals surface area contributed by atoms with E-state index in [1.807, 2.05) is 20.8 Å². The molecular formula is C44H77NO12. The number of carbonyl (C=O) groups is 2. The van der Waals surface area contributed by atoms with E-state index in [1.54, 1.807) is 28.3 Å². The number of hydrogen-bond donors (Lipinski definition) is 5. The van der Waals surface area contributed by atoms with Gasteiger partial charge in [-0.3, -0.25) is 4.79 Å². The molecule has 0 aromatic heterocycles. The Hall–Kier alpha value is -1.68. The molecule has 1 saturated carbocycles. The molecule has 4 unspecified atom stereocenters. The Kier molecular flexibility index (Phi) is 18.3. The van der Waals surface area contributed by atoms with E-state index in [9.17, 15) is 35.1 Å². The lowest BCUT2D eigenvalue weighted by atomic mass is 9.76. The molecule has 3 aliphatic heterocycles. The minimum absolute atomic E-state index is 0.0908. The highest BCUT2D eigenvalue weighted by atomic mass is 16.7. The normalized spacial score (nSPS) is 43.9. The average Bonchev–Trinajstić information content (AvgIpc) is 3.18. The number of rotatable bonds is 8. The Morgan fingerprint density at radius 3 is 2.19 bits per heavy atom. The standard InChI is InChI=1S/C44H77NO12/c1-10-13-31-19-25(2)18-26(3)20-37(54-8)40-38(55-9)22-28(5)44(52,57-40)41(49)42(50)45-17-12-11-14-32(45)43(51)56-39(29(6)34(47)24-35(31)48)27(4)21-30-15-16-33(46)36(23-30)53-7/h19,26-41,46-49,52H,10-18,20-24H2,1-9H3/b25-19+/t26-,27?,28+,29+,30-,31-,32-,33+,34-,35?,36+,37?,38-,39+,40+,41?,44+/m0/s1. The van der Waals surface area contributed by atoms with Crippen LogP contribution in [0.25, 0.3) is 0 Å². The zero-order valence-electron chi connectivity index (χ0n) is 36.3. The summed E-state index contributed by atoms with van der Waals surface area (Å²) in [6.45, 7) is 12.0. The van der Waals surface area contributed by atoms with Crippen LogP contribution in [-0.2, 0) is 33.3 Å². The second kappa shape index (κ2) is 21.7. The lowest BCUT2D eigenvalue weighted by Gasteiger charge is -2.49. The van der Waals surface area contributed by atoms with Gasteiger partial charge in [-0.25, -0.2) is 4.79 Å². The van der Waals surface area contributed by atoms with Crippen LogP contribution < -0.4 is 0 Å². The second-order valence-corrected chi connectivity index (χ2v) is 18.3. The maximum absolute atomic E-state index is 14.4. The lowest BCUT2D eigenvalue weighted by molar-refractivity contribution is -0.346. The smallest absolute Gasteiger partial charge is 0.329 e. The molecule has 330 valence electrons. The predicted octanol–water partition coefficient (Wildman–Crippen LogP) is 4.53. The molecular weight excluding hydrogens is 734 g/mol. The molecule has 2 saturated heterocycles. The molecule has 13 heteroatoms. The third kappa shape index (κ3) is 11.8. The van der Waals surface area contributed by atoms with Crippen LogP contribution in [0.5, 0.6) is 0 Å². The highest BCUT2D eigenvalue weighted by Crippen LogP contribution is 2.41. The van der Waals surface area contributed by atoms with Gasteiger partial charge < -0.3 is 54.1 Å². The van der Waals surface area contributed by atoms with E-state index >= 15 is 0 Å². The highest BCUT2D eigenvalue weighted by molar-refractivity contribution is 5.88. The molecule has 3 fully saturated rings. The number of fused-ring (bicyclic) bond motifs is 3. The van der Waals surface area contributed by atoms with Crippen LogP contribution in [0.3, 0.4) is 0 Å². The average molecular weight is 812 g/mol. The summed E-state index contributed by atoms with van der Waals surface area (Å²) in [5.74, 6) is -5.15. The molecule has 3 heterocycles. The number of aliphatic hydroxyl groups excluding tert-OH is 4. The van der Waals surface area contributed by atoms with Crippen LogP contribution in [0.1, 0.15) is 125 Å². The minimum atomic E-state index is -2.29. The zero-order chi connectivity index (χ0) is 42.2. The first-order valence-corrected chi connectivity index (χ1v) is 21.9. The largest absolute Gasteiger partial charge is 0.460 e. The van der Waals surface area contributed by atoms with Gasteiger partial charge >= 0.3 is 5.97 Å².